The average molecular weight is 274 g/mol. The number of carbonyl (C=O) groups is 1. The van der Waals surface area contributed by atoms with Gasteiger partial charge in [-0.3, -0.25) is 4.79 Å². The molecule has 0 saturated heterocycles. The number of para-hydroxylation sites is 1. The highest BCUT2D eigenvalue weighted by Gasteiger charge is 2.24. The van der Waals surface area contributed by atoms with Crippen molar-refractivity contribution in [2.75, 3.05) is 18.0 Å². The first-order valence-electron chi connectivity index (χ1n) is 7.62. The van der Waals surface area contributed by atoms with Crippen molar-refractivity contribution in [2.24, 2.45) is 11.1 Å². The summed E-state index contributed by atoms with van der Waals surface area (Å²) in [6.45, 7) is 5.93. The maximum absolute atomic E-state index is 12.5. The number of hydrogen-bond donors (Lipinski definition) is 1. The van der Waals surface area contributed by atoms with Gasteiger partial charge in [-0.15, -0.1) is 0 Å². The minimum Gasteiger partial charge on any atom is -0.330 e. The van der Waals surface area contributed by atoms with Gasteiger partial charge in [0.15, 0.2) is 0 Å². The van der Waals surface area contributed by atoms with E-state index >= 15 is 0 Å². The molecule has 1 aromatic carbocycles. The fraction of sp³-hybridized carbons (Fsp3) is 0.588. The van der Waals surface area contributed by atoms with E-state index in [0.29, 0.717) is 13.0 Å². The van der Waals surface area contributed by atoms with E-state index in [1.807, 2.05) is 11.0 Å². The topological polar surface area (TPSA) is 46.3 Å². The number of hydrogen-bond acceptors (Lipinski definition) is 2. The lowest BCUT2D eigenvalue weighted by atomic mass is 9.84. The van der Waals surface area contributed by atoms with E-state index in [0.717, 1.165) is 37.9 Å². The van der Waals surface area contributed by atoms with Crippen molar-refractivity contribution >= 4 is 11.6 Å². The molecule has 3 heteroatoms. The third kappa shape index (κ3) is 3.60. The monoisotopic (exact) mass is 274 g/mol. The zero-order valence-corrected chi connectivity index (χ0v) is 12.7. The number of anilines is 1. The summed E-state index contributed by atoms with van der Waals surface area (Å²) in [6, 6.07) is 8.27. The molecule has 0 aromatic heterocycles. The lowest BCUT2D eigenvalue weighted by Crippen LogP contribution is -2.36. The van der Waals surface area contributed by atoms with Gasteiger partial charge < -0.3 is 10.6 Å². The van der Waals surface area contributed by atoms with Crippen LogP contribution in [0.2, 0.25) is 0 Å². The van der Waals surface area contributed by atoms with Gasteiger partial charge in [-0.1, -0.05) is 32.0 Å². The van der Waals surface area contributed by atoms with Crippen LogP contribution in [0.5, 0.6) is 0 Å². The first kappa shape index (κ1) is 15.0. The molecular weight excluding hydrogens is 248 g/mol. The van der Waals surface area contributed by atoms with E-state index in [1.54, 1.807) is 0 Å². The number of carbonyl (C=O) groups excluding carboxylic acids is 1. The maximum Gasteiger partial charge on any atom is 0.227 e. The second-order valence-corrected chi connectivity index (χ2v) is 6.48. The fourth-order valence-electron chi connectivity index (χ4n) is 2.89. The largest absolute Gasteiger partial charge is 0.330 e. The van der Waals surface area contributed by atoms with E-state index in [2.05, 4.69) is 32.0 Å². The molecule has 1 amide bonds. The molecule has 1 aliphatic rings. The molecule has 0 radical (unpaired) electrons. The van der Waals surface area contributed by atoms with Gasteiger partial charge in [0.05, 0.1) is 0 Å². The summed E-state index contributed by atoms with van der Waals surface area (Å²) >= 11 is 0. The van der Waals surface area contributed by atoms with Crippen molar-refractivity contribution < 1.29 is 4.79 Å². The number of nitrogens with two attached hydrogens (primary N) is 1. The van der Waals surface area contributed by atoms with E-state index in [1.165, 1.54) is 5.56 Å². The smallest absolute Gasteiger partial charge is 0.227 e. The molecule has 0 fully saturated rings. The van der Waals surface area contributed by atoms with Crippen molar-refractivity contribution in [1.29, 1.82) is 0 Å². The molecule has 20 heavy (non-hydrogen) atoms. The van der Waals surface area contributed by atoms with Crippen molar-refractivity contribution in [3.05, 3.63) is 29.8 Å². The standard InChI is InChI=1S/C17H26N2O/c1-17(2,11-12-18)10-9-16(20)19-13-5-7-14-6-3-4-8-15(14)19/h3-4,6,8H,5,7,9-13,18H2,1-2H3. The Kier molecular flexibility index (Phi) is 4.81. The number of fused-ring (bicyclic) bond motifs is 1. The third-order valence-corrected chi connectivity index (χ3v) is 4.25. The van der Waals surface area contributed by atoms with Gasteiger partial charge in [0, 0.05) is 18.7 Å². The van der Waals surface area contributed by atoms with E-state index < -0.39 is 0 Å². The summed E-state index contributed by atoms with van der Waals surface area (Å²) in [5, 5.41) is 0. The van der Waals surface area contributed by atoms with Crippen LogP contribution in [0.3, 0.4) is 0 Å². The Morgan fingerprint density at radius 3 is 2.80 bits per heavy atom. The van der Waals surface area contributed by atoms with Crippen LogP contribution in [0.1, 0.15) is 45.1 Å². The number of amides is 1. The SMILES string of the molecule is CC(C)(CCN)CCC(=O)N1CCCc2ccccc21. The first-order chi connectivity index (χ1) is 9.53. The van der Waals surface area contributed by atoms with Gasteiger partial charge in [0.1, 0.15) is 0 Å². The summed E-state index contributed by atoms with van der Waals surface area (Å²) in [5.41, 5.74) is 8.20. The highest BCUT2D eigenvalue weighted by Crippen LogP contribution is 2.30. The first-order valence-corrected chi connectivity index (χ1v) is 7.62. The number of benzene rings is 1. The second kappa shape index (κ2) is 6.40. The van der Waals surface area contributed by atoms with Crippen molar-refractivity contribution in [3.8, 4) is 0 Å². The van der Waals surface area contributed by atoms with Crippen molar-refractivity contribution in [2.45, 2.75) is 46.0 Å². The summed E-state index contributed by atoms with van der Waals surface area (Å²) in [7, 11) is 0. The molecular formula is C17H26N2O. The molecule has 0 aliphatic carbocycles. The lowest BCUT2D eigenvalue weighted by molar-refractivity contribution is -0.119. The summed E-state index contributed by atoms with van der Waals surface area (Å²) in [6.07, 6.45) is 4.63. The highest BCUT2D eigenvalue weighted by molar-refractivity contribution is 5.94. The van der Waals surface area contributed by atoms with E-state index in [-0.39, 0.29) is 11.3 Å². The average Bonchev–Trinajstić information content (AvgIpc) is 2.44. The summed E-state index contributed by atoms with van der Waals surface area (Å²) < 4.78 is 0. The molecule has 0 atom stereocenters. The fourth-order valence-corrected chi connectivity index (χ4v) is 2.89. The van der Waals surface area contributed by atoms with Crippen LogP contribution < -0.4 is 10.6 Å². The van der Waals surface area contributed by atoms with Gasteiger partial charge in [0.25, 0.3) is 0 Å². The second-order valence-electron chi connectivity index (χ2n) is 6.48. The Balaban J connectivity index is 2.01. The van der Waals surface area contributed by atoms with Crippen molar-refractivity contribution in [1.82, 2.24) is 0 Å². The third-order valence-electron chi connectivity index (χ3n) is 4.25. The van der Waals surface area contributed by atoms with Crippen LogP contribution in [0.4, 0.5) is 5.69 Å². The van der Waals surface area contributed by atoms with Crippen LogP contribution in [0, 0.1) is 5.41 Å². The normalized spacial score (nSPS) is 15.1. The Hall–Kier alpha value is -1.35. The summed E-state index contributed by atoms with van der Waals surface area (Å²) in [4.78, 5) is 14.5. The van der Waals surface area contributed by atoms with Crippen LogP contribution in [-0.2, 0) is 11.2 Å². The van der Waals surface area contributed by atoms with Gasteiger partial charge in [0.2, 0.25) is 5.91 Å². The Bertz CT molecular complexity index is 468. The Morgan fingerprint density at radius 2 is 2.05 bits per heavy atom. The predicted octanol–water partition coefficient (Wildman–Crippen LogP) is 3.12. The molecule has 2 N–H and O–H groups in total. The zero-order valence-electron chi connectivity index (χ0n) is 12.7. The van der Waals surface area contributed by atoms with Crippen LogP contribution >= 0.6 is 0 Å². The number of aryl methyl sites for hydroxylation is 1. The molecule has 3 nitrogen and oxygen atoms in total. The minimum atomic E-state index is 0.152. The molecule has 0 saturated carbocycles. The van der Waals surface area contributed by atoms with Gasteiger partial charge in [-0.2, -0.15) is 0 Å². The Morgan fingerprint density at radius 1 is 1.30 bits per heavy atom. The van der Waals surface area contributed by atoms with E-state index in [4.69, 9.17) is 5.73 Å². The lowest BCUT2D eigenvalue weighted by Gasteiger charge is -2.31. The van der Waals surface area contributed by atoms with Gasteiger partial charge >= 0.3 is 0 Å². The van der Waals surface area contributed by atoms with Gasteiger partial charge in [-0.25, -0.2) is 0 Å². The predicted molar refractivity (Wildman–Crippen MR) is 83.8 cm³/mol. The van der Waals surface area contributed by atoms with Crippen molar-refractivity contribution in [3.63, 3.8) is 0 Å². The molecule has 2 rings (SSSR count). The minimum absolute atomic E-state index is 0.152. The molecule has 1 heterocycles. The van der Waals surface area contributed by atoms with Crippen LogP contribution in [0.25, 0.3) is 0 Å². The summed E-state index contributed by atoms with van der Waals surface area (Å²) in [5.74, 6) is 0.252. The number of rotatable bonds is 5. The highest BCUT2D eigenvalue weighted by atomic mass is 16.2. The molecule has 0 bridgehead atoms. The molecule has 0 spiro atoms. The van der Waals surface area contributed by atoms with Crippen LogP contribution in [-0.4, -0.2) is 19.0 Å². The van der Waals surface area contributed by atoms with Crippen LogP contribution in [0.15, 0.2) is 24.3 Å². The molecule has 1 aromatic rings. The quantitative estimate of drug-likeness (QED) is 0.896. The zero-order chi connectivity index (χ0) is 14.6. The van der Waals surface area contributed by atoms with E-state index in [9.17, 15) is 4.79 Å². The molecule has 0 unspecified atom stereocenters. The molecule has 110 valence electrons. The number of nitrogens with zero attached hydrogens (tertiary/aromatic N) is 1. The van der Waals surface area contributed by atoms with Gasteiger partial charge in [-0.05, 0) is 49.3 Å². The Labute approximate surface area is 122 Å². The molecule has 1 aliphatic heterocycles. The maximum atomic E-state index is 12.5.